The quantitative estimate of drug-likeness (QED) is 0.439. The molecule has 5 nitrogen and oxygen atoms in total. The molecule has 1 aromatic heterocycles. The molecule has 0 aliphatic heterocycles. The highest BCUT2D eigenvalue weighted by Gasteiger charge is 2.34. The highest BCUT2D eigenvalue weighted by molar-refractivity contribution is 6.31. The molecule has 0 spiro atoms. The molecule has 0 aliphatic carbocycles. The van der Waals surface area contributed by atoms with E-state index in [1.54, 1.807) is 13.8 Å². The van der Waals surface area contributed by atoms with E-state index in [2.05, 4.69) is 4.98 Å². The van der Waals surface area contributed by atoms with Crippen LogP contribution >= 0.6 is 11.6 Å². The van der Waals surface area contributed by atoms with Crippen LogP contribution in [0.25, 0.3) is 10.9 Å². The third kappa shape index (κ3) is 5.13. The summed E-state index contributed by atoms with van der Waals surface area (Å²) < 4.78 is 56.3. The normalized spacial score (nSPS) is 12.5. The zero-order chi connectivity index (χ0) is 21.9. The Kier molecular flexibility index (Phi) is 6.36. The van der Waals surface area contributed by atoms with Gasteiger partial charge in [0.15, 0.2) is 6.10 Å². The molecule has 0 bridgehead atoms. The number of ether oxygens (including phenoxy) is 3. The van der Waals surface area contributed by atoms with Crippen LogP contribution in [0.5, 0.6) is 17.4 Å². The molecule has 0 radical (unpaired) electrons. The molecule has 9 heteroatoms. The van der Waals surface area contributed by atoms with E-state index in [1.165, 1.54) is 42.5 Å². The lowest BCUT2D eigenvalue weighted by atomic mass is 10.1. The van der Waals surface area contributed by atoms with E-state index in [1.807, 2.05) is 0 Å². The summed E-state index contributed by atoms with van der Waals surface area (Å²) in [6.07, 6.45) is -5.41. The molecule has 0 amide bonds. The first kappa shape index (κ1) is 21.7. The Morgan fingerprint density at radius 3 is 2.40 bits per heavy atom. The maximum Gasteiger partial charge on any atom is 0.417 e. The predicted molar refractivity (Wildman–Crippen MR) is 105 cm³/mol. The Hall–Kier alpha value is -3.00. The van der Waals surface area contributed by atoms with E-state index in [-0.39, 0.29) is 34.2 Å². The molecular formula is C21H17ClF3NO4. The van der Waals surface area contributed by atoms with E-state index >= 15 is 0 Å². The van der Waals surface area contributed by atoms with E-state index in [4.69, 9.17) is 25.8 Å². The molecular weight excluding hydrogens is 423 g/mol. The average Bonchev–Trinajstić information content (AvgIpc) is 2.68. The number of hydrogen-bond donors (Lipinski definition) is 0. The second-order valence-electron chi connectivity index (χ2n) is 6.25. The van der Waals surface area contributed by atoms with Gasteiger partial charge < -0.3 is 14.2 Å². The van der Waals surface area contributed by atoms with E-state index in [0.717, 1.165) is 6.07 Å². The maximum atomic E-state index is 13.5. The van der Waals surface area contributed by atoms with Gasteiger partial charge >= 0.3 is 12.1 Å². The molecule has 0 aliphatic rings. The standard InChI is InChI=1S/C21H17ClF3NO4/c1-3-28-20(27)12(2)29-14-5-7-15(8-6-14)30-19-11-17(21(23,24)25)16-10-13(22)4-9-18(16)26-19/h4-12H,3H2,1-2H3. The molecule has 1 unspecified atom stereocenters. The van der Waals surface area contributed by atoms with Gasteiger partial charge in [-0.05, 0) is 56.3 Å². The van der Waals surface area contributed by atoms with Gasteiger partial charge in [0.1, 0.15) is 11.5 Å². The van der Waals surface area contributed by atoms with Crippen molar-refractivity contribution in [2.75, 3.05) is 6.61 Å². The number of halogens is 4. The van der Waals surface area contributed by atoms with Crippen LogP contribution in [-0.2, 0) is 15.7 Å². The van der Waals surface area contributed by atoms with Gasteiger partial charge in [-0.15, -0.1) is 0 Å². The molecule has 0 saturated heterocycles. The molecule has 3 rings (SSSR count). The van der Waals surface area contributed by atoms with Crippen LogP contribution in [-0.4, -0.2) is 23.7 Å². The number of fused-ring (bicyclic) bond motifs is 1. The van der Waals surface area contributed by atoms with Crippen LogP contribution < -0.4 is 9.47 Å². The molecule has 0 N–H and O–H groups in total. The number of aromatic nitrogens is 1. The molecule has 0 fully saturated rings. The Bertz CT molecular complexity index is 1050. The lowest BCUT2D eigenvalue weighted by Crippen LogP contribution is -2.25. The van der Waals surface area contributed by atoms with Crippen LogP contribution in [0.3, 0.4) is 0 Å². The van der Waals surface area contributed by atoms with Crippen molar-refractivity contribution >= 4 is 28.5 Å². The van der Waals surface area contributed by atoms with Crippen LogP contribution in [0, 0.1) is 0 Å². The molecule has 2 aromatic carbocycles. The van der Waals surface area contributed by atoms with Crippen molar-refractivity contribution in [3.63, 3.8) is 0 Å². The van der Waals surface area contributed by atoms with Crippen molar-refractivity contribution in [3.05, 3.63) is 59.1 Å². The molecule has 3 aromatic rings. The van der Waals surface area contributed by atoms with Gasteiger partial charge in [0, 0.05) is 16.5 Å². The Morgan fingerprint density at radius 2 is 1.77 bits per heavy atom. The van der Waals surface area contributed by atoms with Crippen molar-refractivity contribution in [3.8, 4) is 17.4 Å². The summed E-state index contributed by atoms with van der Waals surface area (Å²) in [6, 6.07) is 10.9. The first-order chi connectivity index (χ1) is 14.2. The summed E-state index contributed by atoms with van der Waals surface area (Å²) in [7, 11) is 0. The van der Waals surface area contributed by atoms with Gasteiger partial charge in [0.05, 0.1) is 17.7 Å². The fourth-order valence-corrected chi connectivity index (χ4v) is 2.85. The van der Waals surface area contributed by atoms with Crippen LogP contribution in [0.4, 0.5) is 13.2 Å². The zero-order valence-electron chi connectivity index (χ0n) is 16.0. The number of esters is 1. The highest BCUT2D eigenvalue weighted by atomic mass is 35.5. The lowest BCUT2D eigenvalue weighted by Gasteiger charge is -2.14. The molecule has 0 saturated carbocycles. The Labute approximate surface area is 175 Å². The summed E-state index contributed by atoms with van der Waals surface area (Å²) in [5, 5.41) is 0.0650. The third-order valence-corrected chi connectivity index (χ3v) is 4.27. The van der Waals surface area contributed by atoms with Crippen molar-refractivity contribution in [1.82, 2.24) is 4.98 Å². The minimum Gasteiger partial charge on any atom is -0.479 e. The van der Waals surface area contributed by atoms with E-state index < -0.39 is 23.8 Å². The molecule has 1 atom stereocenters. The number of benzene rings is 2. The summed E-state index contributed by atoms with van der Waals surface area (Å²) in [5.74, 6) is -0.0937. The number of rotatable bonds is 6. The van der Waals surface area contributed by atoms with Crippen molar-refractivity contribution in [2.24, 2.45) is 0 Å². The summed E-state index contributed by atoms with van der Waals surface area (Å²) in [4.78, 5) is 15.7. The van der Waals surface area contributed by atoms with Gasteiger partial charge in [-0.1, -0.05) is 11.6 Å². The van der Waals surface area contributed by atoms with Gasteiger partial charge in [0.2, 0.25) is 5.88 Å². The number of carbonyl (C=O) groups excluding carboxylic acids is 1. The Morgan fingerprint density at radius 1 is 1.10 bits per heavy atom. The van der Waals surface area contributed by atoms with Crippen molar-refractivity contribution in [2.45, 2.75) is 26.1 Å². The summed E-state index contributed by atoms with van der Waals surface area (Å²) in [5.41, 5.74) is -0.791. The predicted octanol–water partition coefficient (Wildman–Crippen LogP) is 6.03. The average molecular weight is 440 g/mol. The second-order valence-corrected chi connectivity index (χ2v) is 6.69. The third-order valence-electron chi connectivity index (χ3n) is 4.03. The van der Waals surface area contributed by atoms with Crippen molar-refractivity contribution < 1.29 is 32.2 Å². The highest BCUT2D eigenvalue weighted by Crippen LogP contribution is 2.38. The van der Waals surface area contributed by atoms with Gasteiger partial charge in [-0.2, -0.15) is 13.2 Å². The Balaban J connectivity index is 1.82. The number of carbonyl (C=O) groups is 1. The van der Waals surface area contributed by atoms with Gasteiger partial charge in [-0.3, -0.25) is 0 Å². The SMILES string of the molecule is CCOC(=O)C(C)Oc1ccc(Oc2cc(C(F)(F)F)c3cc(Cl)ccc3n2)cc1. The zero-order valence-corrected chi connectivity index (χ0v) is 16.8. The van der Waals surface area contributed by atoms with Crippen LogP contribution in [0.15, 0.2) is 48.5 Å². The van der Waals surface area contributed by atoms with Gasteiger partial charge in [0.25, 0.3) is 0 Å². The topological polar surface area (TPSA) is 57.7 Å². The minimum absolute atomic E-state index is 0.104. The van der Waals surface area contributed by atoms with Crippen molar-refractivity contribution in [1.29, 1.82) is 0 Å². The number of alkyl halides is 3. The van der Waals surface area contributed by atoms with Gasteiger partial charge in [-0.25, -0.2) is 9.78 Å². The first-order valence-electron chi connectivity index (χ1n) is 8.96. The maximum absolute atomic E-state index is 13.5. The van der Waals surface area contributed by atoms with E-state index in [9.17, 15) is 18.0 Å². The molecule has 1 heterocycles. The van der Waals surface area contributed by atoms with Crippen LogP contribution in [0.1, 0.15) is 19.4 Å². The largest absolute Gasteiger partial charge is 0.479 e. The molecule has 30 heavy (non-hydrogen) atoms. The van der Waals surface area contributed by atoms with Crippen LogP contribution in [0.2, 0.25) is 5.02 Å². The summed E-state index contributed by atoms with van der Waals surface area (Å²) >= 11 is 5.83. The number of hydrogen-bond acceptors (Lipinski definition) is 5. The lowest BCUT2D eigenvalue weighted by molar-refractivity contribution is -0.150. The summed E-state index contributed by atoms with van der Waals surface area (Å²) in [6.45, 7) is 3.48. The second kappa shape index (κ2) is 8.79. The smallest absolute Gasteiger partial charge is 0.417 e. The number of nitrogens with zero attached hydrogens (tertiary/aromatic N) is 1. The monoisotopic (exact) mass is 439 g/mol. The number of pyridine rings is 1. The molecule has 158 valence electrons. The fraction of sp³-hybridized carbons (Fsp3) is 0.238. The van der Waals surface area contributed by atoms with E-state index in [0.29, 0.717) is 5.75 Å². The minimum atomic E-state index is -4.61. The fourth-order valence-electron chi connectivity index (χ4n) is 2.68. The first-order valence-corrected chi connectivity index (χ1v) is 9.34.